The molecule has 0 aliphatic heterocycles. The number of fused-ring (bicyclic) bond motifs is 1. The van der Waals surface area contributed by atoms with E-state index < -0.39 is 0 Å². The second kappa shape index (κ2) is 5.13. The Kier molecular flexibility index (Phi) is 3.58. The van der Waals surface area contributed by atoms with Gasteiger partial charge in [-0.15, -0.1) is 0 Å². The van der Waals surface area contributed by atoms with Gasteiger partial charge in [0.2, 0.25) is 0 Å². The third kappa shape index (κ3) is 2.25. The van der Waals surface area contributed by atoms with E-state index in [1.807, 2.05) is 6.92 Å². The molecular formula is C15H18O. The van der Waals surface area contributed by atoms with Gasteiger partial charge in [-0.25, -0.2) is 0 Å². The van der Waals surface area contributed by atoms with E-state index in [-0.39, 0.29) is 0 Å². The highest BCUT2D eigenvalue weighted by atomic mass is 16.5. The second-order valence-corrected chi connectivity index (χ2v) is 4.02. The maximum absolute atomic E-state index is 5.40. The first-order valence-electron chi connectivity index (χ1n) is 5.88. The molecule has 0 N–H and O–H groups in total. The van der Waals surface area contributed by atoms with E-state index in [4.69, 9.17) is 4.74 Å². The number of hydrogen-bond acceptors (Lipinski definition) is 1. The van der Waals surface area contributed by atoms with Crippen LogP contribution in [0.2, 0.25) is 0 Å². The Morgan fingerprint density at radius 3 is 2.69 bits per heavy atom. The van der Waals surface area contributed by atoms with Crippen LogP contribution in [0.1, 0.15) is 18.1 Å². The lowest BCUT2D eigenvalue weighted by molar-refractivity contribution is 0.151. The highest BCUT2D eigenvalue weighted by Crippen LogP contribution is 2.21. The Bertz CT molecular complexity index is 474. The topological polar surface area (TPSA) is 9.23 Å². The quantitative estimate of drug-likeness (QED) is 0.705. The molecule has 0 fully saturated rings. The molecule has 2 aromatic carbocycles. The number of ether oxygens (including phenoxy) is 1. The van der Waals surface area contributed by atoms with Gasteiger partial charge in [0, 0.05) is 6.61 Å². The normalized spacial score (nSPS) is 10.9. The Balaban J connectivity index is 2.29. The molecule has 0 amide bonds. The SMILES string of the molecule is CCOCCc1ccc2ccccc2c1C. The van der Waals surface area contributed by atoms with E-state index >= 15 is 0 Å². The Labute approximate surface area is 97.1 Å². The number of aryl methyl sites for hydroxylation is 1. The van der Waals surface area contributed by atoms with Crippen LogP contribution in [0.15, 0.2) is 36.4 Å². The van der Waals surface area contributed by atoms with E-state index in [1.165, 1.54) is 21.9 Å². The van der Waals surface area contributed by atoms with Crippen molar-refractivity contribution < 1.29 is 4.74 Å². The molecule has 16 heavy (non-hydrogen) atoms. The van der Waals surface area contributed by atoms with Gasteiger partial charge in [0.05, 0.1) is 6.61 Å². The van der Waals surface area contributed by atoms with Crippen LogP contribution in [0.4, 0.5) is 0 Å². The fourth-order valence-electron chi connectivity index (χ4n) is 2.07. The van der Waals surface area contributed by atoms with Gasteiger partial charge in [-0.3, -0.25) is 0 Å². The lowest BCUT2D eigenvalue weighted by Gasteiger charge is -2.09. The monoisotopic (exact) mass is 214 g/mol. The Hall–Kier alpha value is -1.34. The van der Waals surface area contributed by atoms with Crippen LogP contribution in [-0.4, -0.2) is 13.2 Å². The lowest BCUT2D eigenvalue weighted by atomic mass is 9.98. The van der Waals surface area contributed by atoms with Gasteiger partial charge in [-0.05, 0) is 42.2 Å². The molecule has 0 bridgehead atoms. The van der Waals surface area contributed by atoms with E-state index in [2.05, 4.69) is 43.3 Å². The molecule has 0 radical (unpaired) electrons. The molecule has 84 valence electrons. The molecule has 0 aliphatic carbocycles. The average Bonchev–Trinajstić information content (AvgIpc) is 2.33. The minimum Gasteiger partial charge on any atom is -0.381 e. The minimum atomic E-state index is 0.798. The molecule has 0 saturated heterocycles. The first-order chi connectivity index (χ1) is 7.83. The summed E-state index contributed by atoms with van der Waals surface area (Å²) in [6.07, 6.45) is 1.00. The highest BCUT2D eigenvalue weighted by molar-refractivity contribution is 5.86. The molecule has 0 saturated carbocycles. The van der Waals surface area contributed by atoms with Crippen molar-refractivity contribution in [3.63, 3.8) is 0 Å². The van der Waals surface area contributed by atoms with Crippen molar-refractivity contribution in [3.05, 3.63) is 47.5 Å². The van der Waals surface area contributed by atoms with Gasteiger partial charge in [0.1, 0.15) is 0 Å². The van der Waals surface area contributed by atoms with Gasteiger partial charge >= 0.3 is 0 Å². The van der Waals surface area contributed by atoms with Crippen LogP contribution in [0.3, 0.4) is 0 Å². The summed E-state index contributed by atoms with van der Waals surface area (Å²) in [5, 5.41) is 2.68. The summed E-state index contributed by atoms with van der Waals surface area (Å²) in [6, 6.07) is 13.0. The van der Waals surface area contributed by atoms with Crippen molar-refractivity contribution >= 4 is 10.8 Å². The molecule has 0 atom stereocenters. The summed E-state index contributed by atoms with van der Waals surface area (Å²) in [5.74, 6) is 0. The first-order valence-corrected chi connectivity index (χ1v) is 5.88. The van der Waals surface area contributed by atoms with Crippen molar-refractivity contribution in [2.24, 2.45) is 0 Å². The van der Waals surface area contributed by atoms with Gasteiger partial charge in [-0.1, -0.05) is 36.4 Å². The van der Waals surface area contributed by atoms with Crippen molar-refractivity contribution in [2.45, 2.75) is 20.3 Å². The van der Waals surface area contributed by atoms with Crippen LogP contribution in [0.5, 0.6) is 0 Å². The van der Waals surface area contributed by atoms with Crippen molar-refractivity contribution in [1.82, 2.24) is 0 Å². The van der Waals surface area contributed by atoms with Crippen molar-refractivity contribution in [1.29, 1.82) is 0 Å². The third-order valence-electron chi connectivity index (χ3n) is 3.03. The maximum Gasteiger partial charge on any atom is 0.0506 e. The summed E-state index contributed by atoms with van der Waals surface area (Å²) in [5.41, 5.74) is 2.78. The average molecular weight is 214 g/mol. The molecule has 0 aliphatic rings. The Morgan fingerprint density at radius 1 is 1.06 bits per heavy atom. The van der Waals surface area contributed by atoms with Crippen molar-refractivity contribution in [3.8, 4) is 0 Å². The van der Waals surface area contributed by atoms with Crippen LogP contribution in [0, 0.1) is 6.92 Å². The molecular weight excluding hydrogens is 196 g/mol. The zero-order chi connectivity index (χ0) is 11.4. The molecule has 0 unspecified atom stereocenters. The first kappa shape index (κ1) is 11.2. The zero-order valence-electron chi connectivity index (χ0n) is 9.99. The van der Waals surface area contributed by atoms with Gasteiger partial charge < -0.3 is 4.74 Å². The van der Waals surface area contributed by atoms with E-state index in [9.17, 15) is 0 Å². The predicted octanol–water partition coefficient (Wildman–Crippen LogP) is 3.73. The maximum atomic E-state index is 5.40. The number of benzene rings is 2. The fraction of sp³-hybridized carbons (Fsp3) is 0.333. The molecule has 1 heteroatoms. The van der Waals surface area contributed by atoms with Crippen LogP contribution < -0.4 is 0 Å². The number of rotatable bonds is 4. The smallest absolute Gasteiger partial charge is 0.0506 e. The zero-order valence-corrected chi connectivity index (χ0v) is 9.99. The molecule has 0 heterocycles. The van der Waals surface area contributed by atoms with Crippen LogP contribution in [0.25, 0.3) is 10.8 Å². The number of hydrogen-bond donors (Lipinski definition) is 0. The van der Waals surface area contributed by atoms with Gasteiger partial charge in [-0.2, -0.15) is 0 Å². The molecule has 1 nitrogen and oxygen atoms in total. The summed E-state index contributed by atoms with van der Waals surface area (Å²) in [7, 11) is 0. The van der Waals surface area contributed by atoms with Crippen LogP contribution >= 0.6 is 0 Å². The molecule has 2 aromatic rings. The van der Waals surface area contributed by atoms with E-state index in [0.29, 0.717) is 0 Å². The van der Waals surface area contributed by atoms with E-state index in [0.717, 1.165) is 19.6 Å². The van der Waals surface area contributed by atoms with Gasteiger partial charge in [0.25, 0.3) is 0 Å². The molecule has 2 rings (SSSR count). The van der Waals surface area contributed by atoms with E-state index in [1.54, 1.807) is 0 Å². The minimum absolute atomic E-state index is 0.798. The fourth-order valence-corrected chi connectivity index (χ4v) is 2.07. The largest absolute Gasteiger partial charge is 0.381 e. The second-order valence-electron chi connectivity index (χ2n) is 4.02. The summed E-state index contributed by atoms with van der Waals surface area (Å²) in [6.45, 7) is 5.85. The standard InChI is InChI=1S/C15H18O/c1-3-16-11-10-13-8-9-14-6-4-5-7-15(14)12(13)2/h4-9H,3,10-11H2,1-2H3. The van der Waals surface area contributed by atoms with Gasteiger partial charge in [0.15, 0.2) is 0 Å². The van der Waals surface area contributed by atoms with Crippen molar-refractivity contribution in [2.75, 3.05) is 13.2 Å². The lowest BCUT2D eigenvalue weighted by Crippen LogP contribution is -1.99. The molecule has 0 spiro atoms. The third-order valence-corrected chi connectivity index (χ3v) is 3.03. The summed E-state index contributed by atoms with van der Waals surface area (Å²) in [4.78, 5) is 0. The Morgan fingerprint density at radius 2 is 1.88 bits per heavy atom. The predicted molar refractivity (Wildman–Crippen MR) is 68.9 cm³/mol. The summed E-state index contributed by atoms with van der Waals surface area (Å²) >= 11 is 0. The highest BCUT2D eigenvalue weighted by Gasteiger charge is 2.02. The van der Waals surface area contributed by atoms with Crippen LogP contribution in [-0.2, 0) is 11.2 Å². The molecule has 0 aromatic heterocycles. The summed E-state index contributed by atoms with van der Waals surface area (Å²) < 4.78 is 5.40.